The third kappa shape index (κ3) is 1.48. The highest BCUT2D eigenvalue weighted by Crippen LogP contribution is 2.19. The number of rotatable bonds is 1. The number of imidazole rings is 1. The van der Waals surface area contributed by atoms with Crippen molar-refractivity contribution in [2.75, 3.05) is 11.5 Å². The largest absolute Gasteiger partial charge is 0.396 e. The maximum atomic E-state index is 5.70. The molecule has 0 saturated carbocycles. The summed E-state index contributed by atoms with van der Waals surface area (Å²) in [7, 11) is 0. The number of hydrogen-bond acceptors (Lipinski definition) is 4. The zero-order chi connectivity index (χ0) is 11.8. The van der Waals surface area contributed by atoms with Crippen LogP contribution in [0.2, 0.25) is 0 Å². The molecule has 3 aromatic rings. The minimum absolute atomic E-state index is 0.334. The van der Waals surface area contributed by atoms with Gasteiger partial charge in [-0.05, 0) is 24.3 Å². The van der Waals surface area contributed by atoms with Crippen molar-refractivity contribution in [1.29, 1.82) is 0 Å². The van der Waals surface area contributed by atoms with Crippen molar-refractivity contribution < 1.29 is 0 Å². The Morgan fingerprint density at radius 3 is 2.65 bits per heavy atom. The Hall–Kier alpha value is -2.56. The van der Waals surface area contributed by atoms with Gasteiger partial charge in [-0.1, -0.05) is 12.1 Å². The Morgan fingerprint density at radius 1 is 1.00 bits per heavy atom. The lowest BCUT2D eigenvalue weighted by atomic mass is 10.3. The molecule has 0 bridgehead atoms. The highest BCUT2D eigenvalue weighted by atomic mass is 15.1. The van der Waals surface area contributed by atoms with E-state index in [1.807, 2.05) is 34.9 Å². The van der Waals surface area contributed by atoms with Gasteiger partial charge < -0.3 is 11.5 Å². The lowest BCUT2D eigenvalue weighted by Gasteiger charge is -2.05. The van der Waals surface area contributed by atoms with Crippen molar-refractivity contribution in [1.82, 2.24) is 14.5 Å². The fourth-order valence-corrected chi connectivity index (χ4v) is 1.75. The average Bonchev–Trinajstić information content (AvgIpc) is 2.76. The highest BCUT2D eigenvalue weighted by molar-refractivity contribution is 5.77. The molecule has 0 atom stereocenters. The second kappa shape index (κ2) is 3.48. The first-order chi connectivity index (χ1) is 8.25. The summed E-state index contributed by atoms with van der Waals surface area (Å²) in [4.78, 5) is 8.54. The first kappa shape index (κ1) is 9.65. The maximum absolute atomic E-state index is 5.70. The number of nitrogens with two attached hydrogens (primary N) is 2. The molecule has 17 heavy (non-hydrogen) atoms. The zero-order valence-electron chi connectivity index (χ0n) is 9.04. The number of pyridine rings is 1. The lowest BCUT2D eigenvalue weighted by molar-refractivity contribution is 1.03. The monoisotopic (exact) mass is 225 g/mol. The van der Waals surface area contributed by atoms with Crippen LogP contribution in [0, 0.1) is 0 Å². The predicted molar refractivity (Wildman–Crippen MR) is 67.7 cm³/mol. The third-order valence-corrected chi connectivity index (χ3v) is 2.64. The smallest absolute Gasteiger partial charge is 0.149 e. The number of benzene rings is 1. The molecule has 4 N–H and O–H groups in total. The maximum Gasteiger partial charge on any atom is 0.149 e. The van der Waals surface area contributed by atoms with E-state index in [1.54, 1.807) is 12.4 Å². The van der Waals surface area contributed by atoms with E-state index in [1.165, 1.54) is 0 Å². The third-order valence-electron chi connectivity index (χ3n) is 2.64. The summed E-state index contributed by atoms with van der Waals surface area (Å²) >= 11 is 0. The molecule has 2 heterocycles. The predicted octanol–water partition coefficient (Wildman–Crippen LogP) is 1.58. The van der Waals surface area contributed by atoms with Gasteiger partial charge in [-0.2, -0.15) is 0 Å². The van der Waals surface area contributed by atoms with Gasteiger partial charge in [0, 0.05) is 0 Å². The van der Waals surface area contributed by atoms with Gasteiger partial charge >= 0.3 is 0 Å². The molecule has 5 nitrogen and oxygen atoms in total. The molecule has 0 radical (unpaired) electrons. The number of hydrogen-bond donors (Lipinski definition) is 2. The molecule has 2 aromatic heterocycles. The molecule has 0 saturated heterocycles. The summed E-state index contributed by atoms with van der Waals surface area (Å²) in [6, 6.07) is 11.4. The van der Waals surface area contributed by atoms with Gasteiger partial charge in [0.1, 0.15) is 18.0 Å². The van der Waals surface area contributed by atoms with Crippen LogP contribution in [0.25, 0.3) is 16.9 Å². The summed E-state index contributed by atoms with van der Waals surface area (Å²) in [6.45, 7) is 0. The fourth-order valence-electron chi connectivity index (χ4n) is 1.75. The quantitative estimate of drug-likeness (QED) is 0.658. The number of nitrogen functional groups attached to an aromatic ring is 2. The summed E-state index contributed by atoms with van der Waals surface area (Å²) in [5.41, 5.74) is 13.7. The molecule has 0 unspecified atom stereocenters. The van der Waals surface area contributed by atoms with Crippen LogP contribution >= 0.6 is 0 Å². The van der Waals surface area contributed by atoms with E-state index in [9.17, 15) is 0 Å². The summed E-state index contributed by atoms with van der Waals surface area (Å²) in [6.07, 6.45) is 1.72. The number of nitrogens with zero attached hydrogens (tertiary/aromatic N) is 3. The van der Waals surface area contributed by atoms with E-state index in [-0.39, 0.29) is 0 Å². The molecule has 84 valence electrons. The van der Waals surface area contributed by atoms with Gasteiger partial charge in [0.05, 0.1) is 16.7 Å². The molecule has 0 aliphatic carbocycles. The van der Waals surface area contributed by atoms with Crippen LogP contribution in [0.3, 0.4) is 0 Å². The second-order valence-corrected chi connectivity index (χ2v) is 3.75. The first-order valence-corrected chi connectivity index (χ1v) is 5.20. The Morgan fingerprint density at radius 2 is 1.82 bits per heavy atom. The van der Waals surface area contributed by atoms with Gasteiger partial charge in [-0.15, -0.1) is 0 Å². The molecule has 0 aliphatic heterocycles. The van der Waals surface area contributed by atoms with Crippen molar-refractivity contribution in [3.8, 4) is 5.82 Å². The molecular formula is C12H11N5. The van der Waals surface area contributed by atoms with Crippen LogP contribution < -0.4 is 11.5 Å². The van der Waals surface area contributed by atoms with Crippen LogP contribution in [-0.4, -0.2) is 14.5 Å². The van der Waals surface area contributed by atoms with Crippen LogP contribution in [0.1, 0.15) is 0 Å². The molecule has 3 rings (SSSR count). The minimum atomic E-state index is 0.334. The van der Waals surface area contributed by atoms with Crippen molar-refractivity contribution >= 4 is 22.5 Å². The summed E-state index contributed by atoms with van der Waals surface area (Å²) < 4.78 is 1.88. The molecule has 0 aliphatic rings. The normalized spacial score (nSPS) is 10.8. The number of aromatic nitrogens is 3. The van der Waals surface area contributed by atoms with Crippen molar-refractivity contribution in [2.24, 2.45) is 0 Å². The van der Waals surface area contributed by atoms with Gasteiger partial charge in [-0.3, -0.25) is 4.57 Å². The first-order valence-electron chi connectivity index (χ1n) is 5.20. The summed E-state index contributed by atoms with van der Waals surface area (Å²) in [5.74, 6) is 1.05. The van der Waals surface area contributed by atoms with Crippen LogP contribution in [0.15, 0.2) is 42.7 Å². The molecule has 0 fully saturated rings. The van der Waals surface area contributed by atoms with Gasteiger partial charge in [0.15, 0.2) is 0 Å². The average molecular weight is 225 g/mol. The zero-order valence-corrected chi connectivity index (χ0v) is 9.04. The second-order valence-electron chi connectivity index (χ2n) is 3.75. The van der Waals surface area contributed by atoms with Crippen molar-refractivity contribution in [2.45, 2.75) is 0 Å². The van der Waals surface area contributed by atoms with Crippen molar-refractivity contribution in [3.63, 3.8) is 0 Å². The molecule has 0 amide bonds. The SMILES string of the molecule is Nc1ccc(-n2cnc3ccccc32)nc1N. The van der Waals surface area contributed by atoms with Crippen LogP contribution in [0.5, 0.6) is 0 Å². The Balaban J connectivity index is 2.24. The standard InChI is InChI=1S/C12H11N5/c13-8-5-6-11(16-12(8)14)17-7-15-9-3-1-2-4-10(9)17/h1-7H,13H2,(H2,14,16). The number of fused-ring (bicyclic) bond motifs is 1. The Labute approximate surface area is 97.7 Å². The van der Waals surface area contributed by atoms with E-state index in [4.69, 9.17) is 11.5 Å². The summed E-state index contributed by atoms with van der Waals surface area (Å²) in [5, 5.41) is 0. The van der Waals surface area contributed by atoms with Gasteiger partial charge in [-0.25, -0.2) is 9.97 Å². The van der Waals surface area contributed by atoms with E-state index >= 15 is 0 Å². The Kier molecular flexibility index (Phi) is 1.98. The van der Waals surface area contributed by atoms with E-state index in [0.29, 0.717) is 17.3 Å². The molecule has 1 aromatic carbocycles. The highest BCUT2D eigenvalue weighted by Gasteiger charge is 2.06. The topological polar surface area (TPSA) is 82.8 Å². The fraction of sp³-hybridized carbons (Fsp3) is 0. The van der Waals surface area contributed by atoms with E-state index < -0.39 is 0 Å². The van der Waals surface area contributed by atoms with Crippen LogP contribution in [0.4, 0.5) is 11.5 Å². The number of anilines is 2. The lowest BCUT2D eigenvalue weighted by Crippen LogP contribution is -2.02. The minimum Gasteiger partial charge on any atom is -0.396 e. The Bertz CT molecular complexity index is 686. The van der Waals surface area contributed by atoms with E-state index in [2.05, 4.69) is 9.97 Å². The molecule has 5 heteroatoms. The molecular weight excluding hydrogens is 214 g/mol. The van der Waals surface area contributed by atoms with Crippen molar-refractivity contribution in [3.05, 3.63) is 42.7 Å². The van der Waals surface area contributed by atoms with Gasteiger partial charge in [0.2, 0.25) is 0 Å². The number of para-hydroxylation sites is 2. The van der Waals surface area contributed by atoms with Crippen LogP contribution in [-0.2, 0) is 0 Å². The molecule has 0 spiro atoms. The van der Waals surface area contributed by atoms with Gasteiger partial charge in [0.25, 0.3) is 0 Å². The van der Waals surface area contributed by atoms with E-state index in [0.717, 1.165) is 11.0 Å².